The van der Waals surface area contributed by atoms with Gasteiger partial charge in [-0.25, -0.2) is 0 Å². The number of ketones is 1. The number of ether oxygens (including phenoxy) is 2. The molecule has 4 heteroatoms. The van der Waals surface area contributed by atoms with E-state index in [-0.39, 0.29) is 5.78 Å². The van der Waals surface area contributed by atoms with E-state index in [0.717, 1.165) is 18.7 Å². The van der Waals surface area contributed by atoms with Crippen LogP contribution in [0.2, 0.25) is 0 Å². The van der Waals surface area contributed by atoms with Gasteiger partial charge in [-0.3, -0.25) is 4.79 Å². The van der Waals surface area contributed by atoms with Gasteiger partial charge < -0.3 is 14.8 Å². The number of rotatable bonds is 5. The summed E-state index contributed by atoms with van der Waals surface area (Å²) in [5.41, 5.74) is 0.692. The third-order valence-corrected chi connectivity index (χ3v) is 2.85. The number of fused-ring (bicyclic) bond motifs is 1. The minimum absolute atomic E-state index is 0.131. The molecule has 0 saturated carbocycles. The van der Waals surface area contributed by atoms with Gasteiger partial charge in [0, 0.05) is 24.9 Å². The van der Waals surface area contributed by atoms with Crippen LogP contribution in [0.15, 0.2) is 18.2 Å². The molecular formula is C14H19NO3. The van der Waals surface area contributed by atoms with Crippen LogP contribution in [-0.4, -0.2) is 32.1 Å². The van der Waals surface area contributed by atoms with Crippen LogP contribution in [-0.2, 0) is 0 Å². The second kappa shape index (κ2) is 6.40. The SMILES string of the molecule is CCNCCC(=O)c1ccc2c(c1)OCCCO2. The quantitative estimate of drug-likeness (QED) is 0.640. The van der Waals surface area contributed by atoms with Crippen molar-refractivity contribution >= 4 is 5.78 Å². The second-order valence-electron chi connectivity index (χ2n) is 4.24. The van der Waals surface area contributed by atoms with Gasteiger partial charge in [0.1, 0.15) is 0 Å². The van der Waals surface area contributed by atoms with E-state index in [2.05, 4.69) is 5.32 Å². The fourth-order valence-corrected chi connectivity index (χ4v) is 1.86. The molecule has 0 unspecified atom stereocenters. The van der Waals surface area contributed by atoms with Gasteiger partial charge in [-0.1, -0.05) is 6.92 Å². The Hall–Kier alpha value is -1.55. The lowest BCUT2D eigenvalue weighted by Crippen LogP contribution is -2.17. The Bertz CT molecular complexity index is 418. The predicted molar refractivity (Wildman–Crippen MR) is 69.5 cm³/mol. The van der Waals surface area contributed by atoms with Crippen molar-refractivity contribution in [2.45, 2.75) is 19.8 Å². The highest BCUT2D eigenvalue weighted by Gasteiger charge is 2.13. The summed E-state index contributed by atoms with van der Waals surface area (Å²) in [7, 11) is 0. The average molecular weight is 249 g/mol. The molecule has 98 valence electrons. The molecular weight excluding hydrogens is 230 g/mol. The molecule has 1 aliphatic heterocycles. The number of carbonyl (C=O) groups excluding carboxylic acids is 1. The van der Waals surface area contributed by atoms with E-state index in [0.29, 0.717) is 37.5 Å². The van der Waals surface area contributed by atoms with Gasteiger partial charge in [0.2, 0.25) is 0 Å². The smallest absolute Gasteiger partial charge is 0.164 e. The summed E-state index contributed by atoms with van der Waals surface area (Å²) in [6.07, 6.45) is 1.38. The third-order valence-electron chi connectivity index (χ3n) is 2.85. The summed E-state index contributed by atoms with van der Waals surface area (Å²) in [6, 6.07) is 5.41. The molecule has 0 aromatic heterocycles. The fourth-order valence-electron chi connectivity index (χ4n) is 1.86. The highest BCUT2D eigenvalue weighted by Crippen LogP contribution is 2.30. The van der Waals surface area contributed by atoms with E-state index in [4.69, 9.17) is 9.47 Å². The Kier molecular flexibility index (Phi) is 4.59. The summed E-state index contributed by atoms with van der Waals surface area (Å²) in [4.78, 5) is 12.0. The van der Waals surface area contributed by atoms with Crippen LogP contribution in [0.5, 0.6) is 11.5 Å². The molecule has 0 atom stereocenters. The van der Waals surface area contributed by atoms with Gasteiger partial charge in [0.25, 0.3) is 0 Å². The number of hydrogen-bond acceptors (Lipinski definition) is 4. The Labute approximate surface area is 107 Å². The minimum atomic E-state index is 0.131. The van der Waals surface area contributed by atoms with Crippen LogP contribution >= 0.6 is 0 Å². The van der Waals surface area contributed by atoms with Crippen LogP contribution in [0.3, 0.4) is 0 Å². The van der Waals surface area contributed by atoms with Crippen molar-refractivity contribution in [1.29, 1.82) is 0 Å². The number of benzene rings is 1. The lowest BCUT2D eigenvalue weighted by Gasteiger charge is -2.09. The molecule has 1 heterocycles. The summed E-state index contributed by atoms with van der Waals surface area (Å²) >= 11 is 0. The summed E-state index contributed by atoms with van der Waals surface area (Å²) in [5.74, 6) is 1.55. The maximum absolute atomic E-state index is 12.0. The van der Waals surface area contributed by atoms with E-state index < -0.39 is 0 Å². The van der Waals surface area contributed by atoms with Crippen molar-refractivity contribution in [3.05, 3.63) is 23.8 Å². The first-order chi connectivity index (χ1) is 8.81. The van der Waals surface area contributed by atoms with E-state index in [1.54, 1.807) is 6.07 Å². The maximum Gasteiger partial charge on any atom is 0.164 e. The van der Waals surface area contributed by atoms with Crippen molar-refractivity contribution in [3.63, 3.8) is 0 Å². The summed E-state index contributed by atoms with van der Waals surface area (Å²) in [6.45, 7) is 4.93. The zero-order valence-corrected chi connectivity index (χ0v) is 10.7. The fraction of sp³-hybridized carbons (Fsp3) is 0.500. The topological polar surface area (TPSA) is 47.6 Å². The van der Waals surface area contributed by atoms with Crippen LogP contribution in [0.25, 0.3) is 0 Å². The molecule has 0 bridgehead atoms. The second-order valence-corrected chi connectivity index (χ2v) is 4.24. The first-order valence-corrected chi connectivity index (χ1v) is 6.45. The highest BCUT2D eigenvalue weighted by molar-refractivity contribution is 5.96. The zero-order valence-electron chi connectivity index (χ0n) is 10.7. The molecule has 0 radical (unpaired) electrons. The Morgan fingerprint density at radius 2 is 2.06 bits per heavy atom. The standard InChI is InChI=1S/C14H19NO3/c1-2-15-7-6-12(16)11-4-5-13-14(10-11)18-9-3-8-17-13/h4-5,10,15H,2-3,6-9H2,1H3. The first-order valence-electron chi connectivity index (χ1n) is 6.45. The number of nitrogens with one attached hydrogen (secondary N) is 1. The van der Waals surface area contributed by atoms with Crippen LogP contribution in [0, 0.1) is 0 Å². The zero-order chi connectivity index (χ0) is 12.8. The molecule has 0 fully saturated rings. The van der Waals surface area contributed by atoms with Crippen LogP contribution in [0.4, 0.5) is 0 Å². The van der Waals surface area contributed by atoms with E-state index in [1.165, 1.54) is 0 Å². The molecule has 4 nitrogen and oxygen atoms in total. The number of carbonyl (C=O) groups is 1. The van der Waals surface area contributed by atoms with Crippen LogP contribution in [0.1, 0.15) is 30.1 Å². The van der Waals surface area contributed by atoms with Gasteiger partial charge >= 0.3 is 0 Å². The Morgan fingerprint density at radius 3 is 2.83 bits per heavy atom. The van der Waals surface area contributed by atoms with Crippen molar-refractivity contribution in [2.24, 2.45) is 0 Å². The van der Waals surface area contributed by atoms with Crippen molar-refractivity contribution in [3.8, 4) is 11.5 Å². The monoisotopic (exact) mass is 249 g/mol. The lowest BCUT2D eigenvalue weighted by atomic mass is 10.1. The molecule has 0 amide bonds. The molecule has 1 aliphatic rings. The summed E-state index contributed by atoms with van der Waals surface area (Å²) in [5, 5.41) is 3.14. The first kappa shape index (κ1) is 12.9. The van der Waals surface area contributed by atoms with Gasteiger partial charge in [-0.2, -0.15) is 0 Å². The molecule has 0 aliphatic carbocycles. The molecule has 1 aromatic carbocycles. The minimum Gasteiger partial charge on any atom is -0.490 e. The normalized spacial score (nSPS) is 14.1. The highest BCUT2D eigenvalue weighted by atomic mass is 16.5. The van der Waals surface area contributed by atoms with E-state index >= 15 is 0 Å². The lowest BCUT2D eigenvalue weighted by molar-refractivity contribution is 0.0982. The molecule has 2 rings (SSSR count). The molecule has 1 aromatic rings. The van der Waals surface area contributed by atoms with Crippen molar-refractivity contribution in [1.82, 2.24) is 5.32 Å². The summed E-state index contributed by atoms with van der Waals surface area (Å²) < 4.78 is 11.1. The average Bonchev–Trinajstić information content (AvgIpc) is 2.63. The molecule has 0 saturated heterocycles. The van der Waals surface area contributed by atoms with E-state index in [1.807, 2.05) is 19.1 Å². The Balaban J connectivity index is 2.05. The number of hydrogen-bond donors (Lipinski definition) is 1. The van der Waals surface area contributed by atoms with E-state index in [9.17, 15) is 4.79 Å². The third kappa shape index (κ3) is 3.23. The van der Waals surface area contributed by atoms with Crippen molar-refractivity contribution < 1.29 is 14.3 Å². The van der Waals surface area contributed by atoms with Crippen molar-refractivity contribution in [2.75, 3.05) is 26.3 Å². The maximum atomic E-state index is 12.0. The van der Waals surface area contributed by atoms with Gasteiger partial charge in [-0.15, -0.1) is 0 Å². The molecule has 0 spiro atoms. The van der Waals surface area contributed by atoms with Gasteiger partial charge in [-0.05, 0) is 24.7 Å². The van der Waals surface area contributed by atoms with Gasteiger partial charge in [0.05, 0.1) is 13.2 Å². The molecule has 1 N–H and O–H groups in total. The number of Topliss-reactive ketones (excluding diaryl/α,β-unsaturated/α-hetero) is 1. The van der Waals surface area contributed by atoms with Gasteiger partial charge in [0.15, 0.2) is 17.3 Å². The Morgan fingerprint density at radius 1 is 1.28 bits per heavy atom. The largest absolute Gasteiger partial charge is 0.490 e. The molecule has 18 heavy (non-hydrogen) atoms. The predicted octanol–water partition coefficient (Wildman–Crippen LogP) is 2.03. The van der Waals surface area contributed by atoms with Crippen LogP contribution < -0.4 is 14.8 Å².